The Kier molecular flexibility index (Phi) is 7.52. The molecule has 1 aliphatic heterocycles. The number of piperidine rings is 1. The van der Waals surface area contributed by atoms with E-state index >= 15 is 0 Å². The van der Waals surface area contributed by atoms with Gasteiger partial charge in [-0.2, -0.15) is 0 Å². The van der Waals surface area contributed by atoms with Crippen LogP contribution in [0.25, 0.3) is 0 Å². The third-order valence-electron chi connectivity index (χ3n) is 4.64. The molecule has 132 valence electrons. The van der Waals surface area contributed by atoms with E-state index in [2.05, 4.69) is 5.32 Å². The van der Waals surface area contributed by atoms with Gasteiger partial charge in [-0.05, 0) is 18.8 Å². The van der Waals surface area contributed by atoms with Gasteiger partial charge in [0.2, 0.25) is 11.8 Å². The minimum atomic E-state index is -0.604. The van der Waals surface area contributed by atoms with Gasteiger partial charge in [0, 0.05) is 24.9 Å². The van der Waals surface area contributed by atoms with Crippen LogP contribution >= 0.6 is 0 Å². The van der Waals surface area contributed by atoms with E-state index in [0.29, 0.717) is 25.9 Å². The Morgan fingerprint density at radius 2 is 1.74 bits per heavy atom. The maximum Gasteiger partial charge on any atom is 0.328 e. The summed E-state index contributed by atoms with van der Waals surface area (Å²) in [5.74, 6) is -0.528. The molecule has 23 heavy (non-hydrogen) atoms. The molecule has 2 amide bonds. The SMILES string of the molecule is CCC(C)C(NC(=O)C1CCN(C(=O)C(C)C)CC1)C(=O)OC. The lowest BCUT2D eigenvalue weighted by atomic mass is 9.93. The summed E-state index contributed by atoms with van der Waals surface area (Å²) in [6.45, 7) is 8.86. The van der Waals surface area contributed by atoms with Crippen molar-refractivity contribution >= 4 is 17.8 Å². The summed E-state index contributed by atoms with van der Waals surface area (Å²) in [4.78, 5) is 38.1. The third-order valence-corrected chi connectivity index (χ3v) is 4.64. The van der Waals surface area contributed by atoms with Gasteiger partial charge < -0.3 is 15.0 Å². The summed E-state index contributed by atoms with van der Waals surface area (Å²) in [7, 11) is 1.33. The molecule has 0 aromatic heterocycles. The van der Waals surface area contributed by atoms with Gasteiger partial charge in [-0.15, -0.1) is 0 Å². The van der Waals surface area contributed by atoms with E-state index in [0.717, 1.165) is 6.42 Å². The second-order valence-corrected chi connectivity index (χ2v) is 6.65. The van der Waals surface area contributed by atoms with Gasteiger partial charge in [0.25, 0.3) is 0 Å². The van der Waals surface area contributed by atoms with Crippen LogP contribution in [0, 0.1) is 17.8 Å². The molecular weight excluding hydrogens is 296 g/mol. The van der Waals surface area contributed by atoms with Crippen molar-refractivity contribution in [1.29, 1.82) is 0 Å². The van der Waals surface area contributed by atoms with Gasteiger partial charge in [-0.1, -0.05) is 34.1 Å². The average Bonchev–Trinajstić information content (AvgIpc) is 2.57. The Balaban J connectivity index is 2.58. The smallest absolute Gasteiger partial charge is 0.328 e. The Morgan fingerprint density at radius 3 is 2.17 bits per heavy atom. The van der Waals surface area contributed by atoms with E-state index in [9.17, 15) is 14.4 Å². The van der Waals surface area contributed by atoms with E-state index < -0.39 is 12.0 Å². The number of nitrogens with zero attached hydrogens (tertiary/aromatic N) is 1. The summed E-state index contributed by atoms with van der Waals surface area (Å²) >= 11 is 0. The highest BCUT2D eigenvalue weighted by molar-refractivity contribution is 5.86. The molecule has 2 unspecified atom stereocenters. The zero-order chi connectivity index (χ0) is 17.6. The van der Waals surface area contributed by atoms with Gasteiger partial charge in [0.15, 0.2) is 0 Å². The maximum atomic E-state index is 12.4. The number of esters is 1. The number of hydrogen-bond donors (Lipinski definition) is 1. The van der Waals surface area contributed by atoms with E-state index in [1.165, 1.54) is 7.11 Å². The van der Waals surface area contributed by atoms with Crippen molar-refractivity contribution in [1.82, 2.24) is 10.2 Å². The normalized spacial score (nSPS) is 18.4. The number of likely N-dealkylation sites (tertiary alicyclic amines) is 1. The summed E-state index contributed by atoms with van der Waals surface area (Å²) in [5.41, 5.74) is 0. The molecule has 1 N–H and O–H groups in total. The Hall–Kier alpha value is -1.59. The molecule has 0 aromatic rings. The fraction of sp³-hybridized carbons (Fsp3) is 0.824. The number of amides is 2. The van der Waals surface area contributed by atoms with E-state index in [1.807, 2.05) is 32.6 Å². The average molecular weight is 326 g/mol. The summed E-state index contributed by atoms with van der Waals surface area (Å²) in [5, 5.41) is 2.84. The van der Waals surface area contributed by atoms with Gasteiger partial charge in [-0.3, -0.25) is 9.59 Å². The predicted octanol–water partition coefficient (Wildman–Crippen LogP) is 1.58. The van der Waals surface area contributed by atoms with Crippen molar-refractivity contribution in [3.63, 3.8) is 0 Å². The first kappa shape index (κ1) is 19.5. The van der Waals surface area contributed by atoms with Crippen molar-refractivity contribution in [2.24, 2.45) is 17.8 Å². The largest absolute Gasteiger partial charge is 0.467 e. The minimum absolute atomic E-state index is 0.0190. The number of ether oxygens (including phenoxy) is 1. The number of carbonyl (C=O) groups is 3. The van der Waals surface area contributed by atoms with Crippen LogP contribution in [0.5, 0.6) is 0 Å². The molecule has 2 atom stereocenters. The zero-order valence-electron chi connectivity index (χ0n) is 14.9. The molecule has 6 nitrogen and oxygen atoms in total. The maximum absolute atomic E-state index is 12.4. The van der Waals surface area contributed by atoms with E-state index in [-0.39, 0.29) is 29.6 Å². The number of methoxy groups -OCH3 is 1. The molecule has 0 radical (unpaired) electrons. The first-order valence-electron chi connectivity index (χ1n) is 8.48. The van der Waals surface area contributed by atoms with Gasteiger partial charge in [0.05, 0.1) is 7.11 Å². The first-order chi connectivity index (χ1) is 10.8. The Labute approximate surface area is 138 Å². The van der Waals surface area contributed by atoms with E-state index in [4.69, 9.17) is 4.74 Å². The number of hydrogen-bond acceptors (Lipinski definition) is 4. The van der Waals surface area contributed by atoms with Gasteiger partial charge in [0.1, 0.15) is 6.04 Å². The van der Waals surface area contributed by atoms with Crippen LogP contribution in [0.4, 0.5) is 0 Å². The fourth-order valence-corrected chi connectivity index (χ4v) is 2.79. The number of rotatable bonds is 6. The van der Waals surface area contributed by atoms with Crippen LogP contribution < -0.4 is 5.32 Å². The van der Waals surface area contributed by atoms with Crippen LogP contribution in [-0.2, 0) is 19.1 Å². The Morgan fingerprint density at radius 1 is 1.17 bits per heavy atom. The molecule has 0 spiro atoms. The van der Waals surface area contributed by atoms with E-state index in [1.54, 1.807) is 0 Å². The van der Waals surface area contributed by atoms with Crippen molar-refractivity contribution in [3.8, 4) is 0 Å². The fourth-order valence-electron chi connectivity index (χ4n) is 2.79. The van der Waals surface area contributed by atoms with Gasteiger partial charge in [-0.25, -0.2) is 4.79 Å². The summed E-state index contributed by atoms with van der Waals surface area (Å²) in [6, 6.07) is -0.604. The highest BCUT2D eigenvalue weighted by Gasteiger charge is 2.32. The Bertz CT molecular complexity index is 428. The second kappa shape index (κ2) is 8.89. The van der Waals surface area contributed by atoms with Crippen LogP contribution in [0.1, 0.15) is 47.0 Å². The monoisotopic (exact) mass is 326 g/mol. The van der Waals surface area contributed by atoms with Crippen molar-refractivity contribution in [2.75, 3.05) is 20.2 Å². The van der Waals surface area contributed by atoms with Crippen LogP contribution in [0.2, 0.25) is 0 Å². The molecule has 1 heterocycles. The molecular formula is C17H30N2O4. The van der Waals surface area contributed by atoms with Crippen molar-refractivity contribution < 1.29 is 19.1 Å². The lowest BCUT2D eigenvalue weighted by Gasteiger charge is -2.33. The van der Waals surface area contributed by atoms with Crippen LogP contribution in [0.15, 0.2) is 0 Å². The lowest BCUT2D eigenvalue weighted by Crippen LogP contribution is -2.50. The molecule has 0 aliphatic carbocycles. The van der Waals surface area contributed by atoms with Crippen LogP contribution in [0.3, 0.4) is 0 Å². The highest BCUT2D eigenvalue weighted by Crippen LogP contribution is 2.20. The topological polar surface area (TPSA) is 75.7 Å². The molecule has 0 bridgehead atoms. The summed E-state index contributed by atoms with van der Waals surface area (Å²) < 4.78 is 4.79. The highest BCUT2D eigenvalue weighted by atomic mass is 16.5. The lowest BCUT2D eigenvalue weighted by molar-refractivity contribution is -0.147. The number of carbonyl (C=O) groups excluding carboxylic acids is 3. The zero-order valence-corrected chi connectivity index (χ0v) is 14.9. The molecule has 1 aliphatic rings. The standard InChI is InChI=1S/C17H30N2O4/c1-6-12(4)14(17(22)23-5)18-15(20)13-7-9-19(10-8-13)16(21)11(2)3/h11-14H,6-10H2,1-5H3,(H,18,20). The molecule has 0 saturated carbocycles. The minimum Gasteiger partial charge on any atom is -0.467 e. The summed E-state index contributed by atoms with van der Waals surface area (Å²) in [6.07, 6.45) is 2.05. The molecule has 1 rings (SSSR count). The van der Waals surface area contributed by atoms with Crippen molar-refractivity contribution in [3.05, 3.63) is 0 Å². The third kappa shape index (κ3) is 5.22. The second-order valence-electron chi connectivity index (χ2n) is 6.65. The molecule has 1 saturated heterocycles. The van der Waals surface area contributed by atoms with Gasteiger partial charge >= 0.3 is 5.97 Å². The first-order valence-corrected chi connectivity index (χ1v) is 8.48. The molecule has 6 heteroatoms. The molecule has 1 fully saturated rings. The number of nitrogens with one attached hydrogen (secondary N) is 1. The predicted molar refractivity (Wildman–Crippen MR) is 87.5 cm³/mol. The van der Waals surface area contributed by atoms with Crippen LogP contribution in [-0.4, -0.2) is 48.9 Å². The van der Waals surface area contributed by atoms with Crippen molar-refractivity contribution in [2.45, 2.75) is 53.0 Å². The molecule has 0 aromatic carbocycles. The quantitative estimate of drug-likeness (QED) is 0.752.